The van der Waals surface area contributed by atoms with E-state index in [1.807, 2.05) is 38.1 Å². The van der Waals surface area contributed by atoms with Crippen molar-refractivity contribution in [3.8, 4) is 10.6 Å². The summed E-state index contributed by atoms with van der Waals surface area (Å²) in [7, 11) is 0. The predicted molar refractivity (Wildman–Crippen MR) is 62.7 cm³/mol. The number of hydrogen-bond acceptors (Lipinski definition) is 4. The fourth-order valence-electron chi connectivity index (χ4n) is 1.34. The van der Waals surface area contributed by atoms with Crippen molar-refractivity contribution < 1.29 is 0 Å². The number of aryl methyl sites for hydroxylation is 1. The van der Waals surface area contributed by atoms with Gasteiger partial charge >= 0.3 is 0 Å². The normalized spacial score (nSPS) is 12.7. The molecule has 4 heteroatoms. The molecule has 0 unspecified atom stereocenters. The minimum Gasteiger partial charge on any atom is -0.324 e. The Labute approximate surface area is 93.0 Å². The van der Waals surface area contributed by atoms with Gasteiger partial charge in [0.15, 0.2) is 0 Å². The third kappa shape index (κ3) is 2.22. The van der Waals surface area contributed by atoms with Gasteiger partial charge in [-0.25, -0.2) is 0 Å². The van der Waals surface area contributed by atoms with Crippen molar-refractivity contribution in [2.75, 3.05) is 0 Å². The largest absolute Gasteiger partial charge is 0.324 e. The van der Waals surface area contributed by atoms with Gasteiger partial charge in [-0.1, -0.05) is 35.6 Å². The highest BCUT2D eigenvalue weighted by Gasteiger charge is 2.04. The van der Waals surface area contributed by atoms with Crippen molar-refractivity contribution in [1.82, 2.24) is 10.2 Å². The summed E-state index contributed by atoms with van der Waals surface area (Å²) in [5.41, 5.74) is 8.02. The molecule has 0 saturated carbocycles. The predicted octanol–water partition coefficient (Wildman–Crippen LogP) is 2.53. The number of rotatable bonds is 2. The van der Waals surface area contributed by atoms with Gasteiger partial charge in [0, 0.05) is 11.6 Å². The third-order valence-electron chi connectivity index (χ3n) is 2.21. The highest BCUT2D eigenvalue weighted by Crippen LogP contribution is 2.24. The maximum Gasteiger partial charge on any atom is 0.147 e. The standard InChI is InChI=1S/C11H13N3S/c1-7(12)9-3-5-10(6-4-9)11-14-13-8(2)15-11/h3-7H,12H2,1-2H3/t7-/m1/s1. The summed E-state index contributed by atoms with van der Waals surface area (Å²) in [4.78, 5) is 0. The second-order valence-corrected chi connectivity index (χ2v) is 4.72. The number of nitrogens with zero attached hydrogens (tertiary/aromatic N) is 2. The molecule has 1 atom stereocenters. The van der Waals surface area contributed by atoms with Crippen molar-refractivity contribution in [3.63, 3.8) is 0 Å². The Hall–Kier alpha value is -1.26. The lowest BCUT2D eigenvalue weighted by Gasteiger charge is -2.05. The highest BCUT2D eigenvalue weighted by molar-refractivity contribution is 7.14. The molecule has 2 rings (SSSR count). The zero-order valence-corrected chi connectivity index (χ0v) is 9.58. The lowest BCUT2D eigenvalue weighted by Crippen LogP contribution is -2.04. The SMILES string of the molecule is Cc1nnc(-c2ccc([C@@H](C)N)cc2)s1. The average molecular weight is 219 g/mol. The smallest absolute Gasteiger partial charge is 0.147 e. The number of nitrogens with two attached hydrogens (primary N) is 1. The van der Waals surface area contributed by atoms with Crippen LogP contribution < -0.4 is 5.73 Å². The number of benzene rings is 1. The summed E-state index contributed by atoms with van der Waals surface area (Å²) < 4.78 is 0. The van der Waals surface area contributed by atoms with Crippen LogP contribution in [0, 0.1) is 6.92 Å². The third-order valence-corrected chi connectivity index (χ3v) is 3.10. The molecule has 1 aromatic carbocycles. The van der Waals surface area contributed by atoms with Crippen LogP contribution in [0.5, 0.6) is 0 Å². The van der Waals surface area contributed by atoms with Crippen LogP contribution in [0.4, 0.5) is 0 Å². The first-order valence-corrected chi connectivity index (χ1v) is 5.64. The molecule has 0 amide bonds. The molecule has 2 N–H and O–H groups in total. The van der Waals surface area contributed by atoms with E-state index in [4.69, 9.17) is 5.73 Å². The van der Waals surface area contributed by atoms with E-state index in [9.17, 15) is 0 Å². The van der Waals surface area contributed by atoms with Crippen LogP contribution in [-0.2, 0) is 0 Å². The lowest BCUT2D eigenvalue weighted by molar-refractivity contribution is 0.818. The van der Waals surface area contributed by atoms with Crippen molar-refractivity contribution in [2.24, 2.45) is 5.73 Å². The Bertz CT molecular complexity index is 445. The van der Waals surface area contributed by atoms with E-state index in [1.165, 1.54) is 0 Å². The maximum atomic E-state index is 5.78. The van der Waals surface area contributed by atoms with Gasteiger partial charge in [-0.2, -0.15) is 0 Å². The van der Waals surface area contributed by atoms with Crippen LogP contribution in [0.3, 0.4) is 0 Å². The summed E-state index contributed by atoms with van der Waals surface area (Å²) in [6.07, 6.45) is 0. The first kappa shape index (κ1) is 10.3. The van der Waals surface area contributed by atoms with E-state index in [1.54, 1.807) is 11.3 Å². The molecule has 1 aromatic heterocycles. The second-order valence-electron chi connectivity index (χ2n) is 3.54. The zero-order valence-electron chi connectivity index (χ0n) is 8.77. The van der Waals surface area contributed by atoms with Crippen LogP contribution in [0.25, 0.3) is 10.6 Å². The van der Waals surface area contributed by atoms with E-state index in [2.05, 4.69) is 10.2 Å². The molecule has 3 nitrogen and oxygen atoms in total. The second kappa shape index (κ2) is 4.08. The highest BCUT2D eigenvalue weighted by atomic mass is 32.1. The molecule has 0 fully saturated rings. The molecule has 15 heavy (non-hydrogen) atoms. The van der Waals surface area contributed by atoms with Crippen LogP contribution in [0.2, 0.25) is 0 Å². The summed E-state index contributed by atoms with van der Waals surface area (Å²) >= 11 is 1.60. The van der Waals surface area contributed by atoms with E-state index >= 15 is 0 Å². The summed E-state index contributed by atoms with van der Waals surface area (Å²) in [5, 5.41) is 10.0. The van der Waals surface area contributed by atoms with Crippen LogP contribution >= 0.6 is 11.3 Å². The van der Waals surface area contributed by atoms with Crippen molar-refractivity contribution in [1.29, 1.82) is 0 Å². The monoisotopic (exact) mass is 219 g/mol. The first-order chi connectivity index (χ1) is 7.16. The van der Waals surface area contributed by atoms with Gasteiger partial charge in [-0.05, 0) is 19.4 Å². The summed E-state index contributed by atoms with van der Waals surface area (Å²) in [6.45, 7) is 3.93. The first-order valence-electron chi connectivity index (χ1n) is 4.83. The van der Waals surface area contributed by atoms with Gasteiger partial charge in [0.05, 0.1) is 0 Å². The Kier molecular flexibility index (Phi) is 2.79. The molecular formula is C11H13N3S. The van der Waals surface area contributed by atoms with Gasteiger partial charge in [-0.15, -0.1) is 10.2 Å². The molecule has 0 aliphatic carbocycles. The van der Waals surface area contributed by atoms with E-state index in [-0.39, 0.29) is 6.04 Å². The molecule has 0 saturated heterocycles. The zero-order chi connectivity index (χ0) is 10.8. The van der Waals surface area contributed by atoms with Gasteiger partial charge in [0.25, 0.3) is 0 Å². The Balaban J connectivity index is 2.31. The Morgan fingerprint density at radius 1 is 1.20 bits per heavy atom. The van der Waals surface area contributed by atoms with Crippen LogP contribution in [-0.4, -0.2) is 10.2 Å². The fourth-order valence-corrected chi connectivity index (χ4v) is 2.04. The number of aromatic nitrogens is 2. The fraction of sp³-hybridized carbons (Fsp3) is 0.273. The molecular weight excluding hydrogens is 206 g/mol. The topological polar surface area (TPSA) is 51.8 Å². The lowest BCUT2D eigenvalue weighted by atomic mass is 10.1. The molecule has 0 spiro atoms. The Morgan fingerprint density at radius 3 is 2.33 bits per heavy atom. The van der Waals surface area contributed by atoms with Gasteiger partial charge in [-0.3, -0.25) is 0 Å². The molecule has 2 aromatic rings. The average Bonchev–Trinajstić information content (AvgIpc) is 2.65. The van der Waals surface area contributed by atoms with E-state index < -0.39 is 0 Å². The maximum absolute atomic E-state index is 5.78. The van der Waals surface area contributed by atoms with Crippen LogP contribution in [0.15, 0.2) is 24.3 Å². The molecule has 0 aliphatic heterocycles. The minimum absolute atomic E-state index is 0.0789. The van der Waals surface area contributed by atoms with Gasteiger partial charge < -0.3 is 5.73 Å². The number of hydrogen-bond donors (Lipinski definition) is 1. The van der Waals surface area contributed by atoms with Gasteiger partial charge in [0.1, 0.15) is 10.0 Å². The van der Waals surface area contributed by atoms with Crippen molar-refractivity contribution in [2.45, 2.75) is 19.9 Å². The molecule has 78 valence electrons. The quantitative estimate of drug-likeness (QED) is 0.844. The molecule has 0 bridgehead atoms. The molecule has 0 aliphatic rings. The summed E-state index contributed by atoms with van der Waals surface area (Å²) in [6, 6.07) is 8.24. The van der Waals surface area contributed by atoms with Crippen molar-refractivity contribution in [3.05, 3.63) is 34.8 Å². The minimum atomic E-state index is 0.0789. The van der Waals surface area contributed by atoms with E-state index in [0.29, 0.717) is 0 Å². The summed E-state index contributed by atoms with van der Waals surface area (Å²) in [5.74, 6) is 0. The van der Waals surface area contributed by atoms with Gasteiger partial charge in [0.2, 0.25) is 0 Å². The Morgan fingerprint density at radius 2 is 1.87 bits per heavy atom. The molecule has 1 heterocycles. The molecule has 0 radical (unpaired) electrons. The van der Waals surface area contributed by atoms with Crippen molar-refractivity contribution >= 4 is 11.3 Å². The van der Waals surface area contributed by atoms with Crippen LogP contribution in [0.1, 0.15) is 23.5 Å². The van der Waals surface area contributed by atoms with E-state index in [0.717, 1.165) is 21.1 Å².